The van der Waals surface area contributed by atoms with Crippen molar-refractivity contribution in [3.05, 3.63) is 30.1 Å². The van der Waals surface area contributed by atoms with E-state index in [1.165, 1.54) is 6.20 Å². The van der Waals surface area contributed by atoms with Gasteiger partial charge in [0.25, 0.3) is 0 Å². The molecule has 0 amide bonds. The third kappa shape index (κ3) is 2.55. The predicted octanol–water partition coefficient (Wildman–Crippen LogP) is 2.27. The van der Waals surface area contributed by atoms with E-state index >= 15 is 0 Å². The topological polar surface area (TPSA) is 54.8 Å². The van der Waals surface area contributed by atoms with Crippen molar-refractivity contribution < 1.29 is 8.78 Å². The van der Waals surface area contributed by atoms with Crippen LogP contribution in [-0.2, 0) is 7.05 Å². The summed E-state index contributed by atoms with van der Waals surface area (Å²) < 4.78 is 28.5. The summed E-state index contributed by atoms with van der Waals surface area (Å²) >= 11 is 0. The monoisotopic (exact) mass is 253 g/mol. The third-order valence-electron chi connectivity index (χ3n) is 2.24. The number of pyridine rings is 1. The van der Waals surface area contributed by atoms with E-state index in [1.807, 2.05) is 0 Å². The number of aromatic nitrogens is 3. The number of anilines is 3. The summed E-state index contributed by atoms with van der Waals surface area (Å²) in [5.74, 6) is -1.49. The van der Waals surface area contributed by atoms with Crippen LogP contribution in [0, 0.1) is 11.6 Å². The maximum Gasteiger partial charge on any atom is 0.169 e. The minimum atomic E-state index is -0.752. The summed E-state index contributed by atoms with van der Waals surface area (Å²) in [6, 6.07) is 0.795. The molecule has 0 aliphatic heterocycles. The van der Waals surface area contributed by atoms with Gasteiger partial charge in [-0.25, -0.2) is 13.8 Å². The molecule has 0 saturated carbocycles. The minimum Gasteiger partial charge on any atom is -0.368 e. The highest BCUT2D eigenvalue weighted by molar-refractivity contribution is 5.57. The molecule has 2 heterocycles. The highest BCUT2D eigenvalue weighted by Gasteiger charge is 2.12. The molecule has 18 heavy (non-hydrogen) atoms. The first kappa shape index (κ1) is 12.3. The van der Waals surface area contributed by atoms with Gasteiger partial charge in [0.15, 0.2) is 23.3 Å². The highest BCUT2D eigenvalue weighted by atomic mass is 19.1. The Morgan fingerprint density at radius 2 is 2.00 bits per heavy atom. The molecule has 7 heteroatoms. The zero-order valence-electron chi connectivity index (χ0n) is 10.0. The second-order valence-electron chi connectivity index (χ2n) is 3.71. The van der Waals surface area contributed by atoms with Gasteiger partial charge in [0.1, 0.15) is 0 Å². The van der Waals surface area contributed by atoms with Gasteiger partial charge in [0, 0.05) is 25.9 Å². The van der Waals surface area contributed by atoms with E-state index < -0.39 is 11.6 Å². The fraction of sp³-hybridized carbons (Fsp3) is 0.273. The van der Waals surface area contributed by atoms with E-state index in [0.29, 0.717) is 12.2 Å². The molecule has 96 valence electrons. The average molecular weight is 253 g/mol. The Hall–Kier alpha value is -2.18. The van der Waals surface area contributed by atoms with Crippen LogP contribution in [0.15, 0.2) is 18.5 Å². The van der Waals surface area contributed by atoms with Crippen LogP contribution in [-0.4, -0.2) is 21.3 Å². The fourth-order valence-corrected chi connectivity index (χ4v) is 1.47. The molecule has 0 atom stereocenters. The summed E-state index contributed by atoms with van der Waals surface area (Å²) in [4.78, 5) is 3.86. The van der Waals surface area contributed by atoms with Gasteiger partial charge in [0.05, 0.1) is 11.9 Å². The molecule has 0 spiro atoms. The highest BCUT2D eigenvalue weighted by Crippen LogP contribution is 2.22. The molecule has 5 nitrogen and oxygen atoms in total. The second-order valence-corrected chi connectivity index (χ2v) is 3.71. The molecule has 0 aromatic carbocycles. The molecular weight excluding hydrogens is 240 g/mol. The van der Waals surface area contributed by atoms with E-state index in [-0.39, 0.29) is 11.6 Å². The summed E-state index contributed by atoms with van der Waals surface area (Å²) in [5.41, 5.74) is 0.581. The molecule has 2 aromatic heterocycles. The van der Waals surface area contributed by atoms with Crippen LogP contribution in [0.1, 0.15) is 6.92 Å². The van der Waals surface area contributed by atoms with Crippen LogP contribution in [0.25, 0.3) is 0 Å². The lowest BCUT2D eigenvalue weighted by Gasteiger charge is -2.08. The Balaban J connectivity index is 2.29. The quantitative estimate of drug-likeness (QED) is 0.877. The van der Waals surface area contributed by atoms with Gasteiger partial charge in [-0.05, 0) is 6.92 Å². The van der Waals surface area contributed by atoms with Crippen LogP contribution >= 0.6 is 0 Å². The summed E-state index contributed by atoms with van der Waals surface area (Å²) in [5, 5.41) is 9.40. The smallest absolute Gasteiger partial charge is 0.169 e. The number of rotatable bonds is 4. The van der Waals surface area contributed by atoms with E-state index in [0.717, 1.165) is 6.07 Å². The zero-order valence-corrected chi connectivity index (χ0v) is 10.0. The lowest BCUT2D eigenvalue weighted by atomic mass is 10.4. The molecule has 0 fully saturated rings. The van der Waals surface area contributed by atoms with Gasteiger partial charge in [-0.3, -0.25) is 4.68 Å². The number of hydrogen-bond donors (Lipinski definition) is 2. The number of nitrogens with zero attached hydrogens (tertiary/aromatic N) is 3. The second kappa shape index (κ2) is 4.99. The maximum atomic E-state index is 13.5. The largest absolute Gasteiger partial charge is 0.368 e. The van der Waals surface area contributed by atoms with Crippen molar-refractivity contribution in [2.75, 3.05) is 17.2 Å². The lowest BCUT2D eigenvalue weighted by Crippen LogP contribution is -2.06. The van der Waals surface area contributed by atoms with Crippen molar-refractivity contribution in [2.45, 2.75) is 6.92 Å². The molecule has 0 saturated heterocycles. The average Bonchev–Trinajstić information content (AvgIpc) is 2.71. The SMILES string of the molecule is CCNc1nc(Nc2cnn(C)c2)c(F)cc1F. The molecule has 0 aliphatic carbocycles. The first-order chi connectivity index (χ1) is 8.60. The Morgan fingerprint density at radius 1 is 1.28 bits per heavy atom. The van der Waals surface area contributed by atoms with Crippen LogP contribution in [0.3, 0.4) is 0 Å². The summed E-state index contributed by atoms with van der Waals surface area (Å²) in [7, 11) is 1.74. The molecule has 0 bridgehead atoms. The number of hydrogen-bond acceptors (Lipinski definition) is 4. The Labute approximate surface area is 103 Å². The van der Waals surface area contributed by atoms with Gasteiger partial charge in [-0.2, -0.15) is 5.10 Å². The van der Waals surface area contributed by atoms with Crippen molar-refractivity contribution in [3.63, 3.8) is 0 Å². The van der Waals surface area contributed by atoms with Crippen LogP contribution in [0.4, 0.5) is 26.1 Å². The van der Waals surface area contributed by atoms with Crippen LogP contribution < -0.4 is 10.6 Å². The molecular formula is C11H13F2N5. The molecule has 0 aliphatic rings. The van der Waals surface area contributed by atoms with Gasteiger partial charge in [-0.1, -0.05) is 0 Å². The van der Waals surface area contributed by atoms with Crippen molar-refractivity contribution in [1.29, 1.82) is 0 Å². The van der Waals surface area contributed by atoms with Gasteiger partial charge < -0.3 is 10.6 Å². The normalized spacial score (nSPS) is 10.4. The number of aryl methyl sites for hydroxylation is 1. The molecule has 0 unspecified atom stereocenters. The first-order valence-corrected chi connectivity index (χ1v) is 5.45. The standard InChI is InChI=1S/C11H13F2N5/c1-3-14-10-8(12)4-9(13)11(17-10)16-7-5-15-18(2)6-7/h4-6H,3H2,1-2H3,(H2,14,16,17). The predicted molar refractivity (Wildman–Crippen MR) is 64.8 cm³/mol. The molecule has 2 aromatic rings. The number of halogens is 2. The third-order valence-corrected chi connectivity index (χ3v) is 2.24. The van der Waals surface area contributed by atoms with Gasteiger partial charge >= 0.3 is 0 Å². The molecule has 2 N–H and O–H groups in total. The van der Waals surface area contributed by atoms with Crippen LogP contribution in [0.5, 0.6) is 0 Å². The maximum absolute atomic E-state index is 13.5. The zero-order chi connectivity index (χ0) is 13.1. The lowest BCUT2D eigenvalue weighted by molar-refractivity contribution is 0.579. The van der Waals surface area contributed by atoms with Crippen molar-refractivity contribution in [1.82, 2.24) is 14.8 Å². The van der Waals surface area contributed by atoms with E-state index in [2.05, 4.69) is 20.7 Å². The Morgan fingerprint density at radius 3 is 2.61 bits per heavy atom. The molecule has 0 radical (unpaired) electrons. The molecule has 2 rings (SSSR count). The van der Waals surface area contributed by atoms with E-state index in [4.69, 9.17) is 0 Å². The van der Waals surface area contributed by atoms with Crippen LogP contribution in [0.2, 0.25) is 0 Å². The summed E-state index contributed by atoms with van der Waals surface area (Å²) in [6.45, 7) is 2.31. The van der Waals surface area contributed by atoms with Crippen molar-refractivity contribution >= 4 is 17.3 Å². The summed E-state index contributed by atoms with van der Waals surface area (Å²) in [6.07, 6.45) is 3.19. The Kier molecular flexibility index (Phi) is 3.40. The Bertz CT molecular complexity index is 552. The van der Waals surface area contributed by atoms with E-state index in [9.17, 15) is 8.78 Å². The van der Waals surface area contributed by atoms with Gasteiger partial charge in [0.2, 0.25) is 0 Å². The van der Waals surface area contributed by atoms with Crippen molar-refractivity contribution in [3.8, 4) is 0 Å². The van der Waals surface area contributed by atoms with Gasteiger partial charge in [-0.15, -0.1) is 0 Å². The van der Waals surface area contributed by atoms with E-state index in [1.54, 1.807) is 24.9 Å². The van der Waals surface area contributed by atoms with Crippen molar-refractivity contribution in [2.24, 2.45) is 7.05 Å². The first-order valence-electron chi connectivity index (χ1n) is 5.45. The number of nitrogens with one attached hydrogen (secondary N) is 2. The minimum absolute atomic E-state index is 0.0188. The fourth-order valence-electron chi connectivity index (χ4n) is 1.47.